The third-order valence-corrected chi connectivity index (χ3v) is 4.45. The summed E-state index contributed by atoms with van der Waals surface area (Å²) in [6.07, 6.45) is 6.20. The molecule has 3 rings (SSSR count). The number of likely N-dealkylation sites (tertiary alicyclic amines) is 1. The molecule has 1 atom stereocenters. The quantitative estimate of drug-likeness (QED) is 0.862. The van der Waals surface area contributed by atoms with Gasteiger partial charge in [-0.3, -0.25) is 4.68 Å². The molecular weight excluding hydrogens is 286 g/mol. The summed E-state index contributed by atoms with van der Waals surface area (Å²) in [5.41, 5.74) is 1.26. The van der Waals surface area contributed by atoms with Crippen molar-refractivity contribution in [3.05, 3.63) is 35.0 Å². The lowest BCUT2D eigenvalue weighted by Gasteiger charge is -2.24. The molecule has 0 bridgehead atoms. The van der Waals surface area contributed by atoms with Gasteiger partial charge >= 0.3 is 6.03 Å². The molecule has 1 aliphatic heterocycles. The first kappa shape index (κ1) is 14.1. The van der Waals surface area contributed by atoms with E-state index in [4.69, 9.17) is 0 Å². The second-order valence-electron chi connectivity index (χ2n) is 5.15. The number of urea groups is 1. The number of amides is 2. The average Bonchev–Trinajstić information content (AvgIpc) is 3.24. The van der Waals surface area contributed by atoms with Crippen molar-refractivity contribution >= 4 is 17.4 Å². The van der Waals surface area contributed by atoms with Gasteiger partial charge in [0, 0.05) is 19.6 Å². The molecule has 2 aromatic heterocycles. The summed E-state index contributed by atoms with van der Waals surface area (Å²) in [6.45, 7) is 2.27. The summed E-state index contributed by atoms with van der Waals surface area (Å²) in [7, 11) is 0. The average molecular weight is 305 g/mol. The van der Waals surface area contributed by atoms with Gasteiger partial charge in [-0.05, 0) is 41.7 Å². The number of carbonyl (C=O) groups excluding carboxylic acids is 1. The summed E-state index contributed by atoms with van der Waals surface area (Å²) in [4.78, 5) is 18.1. The molecule has 1 unspecified atom stereocenters. The molecule has 112 valence electrons. The van der Waals surface area contributed by atoms with Crippen molar-refractivity contribution in [1.82, 2.24) is 25.0 Å². The Kier molecular flexibility index (Phi) is 4.49. The topological polar surface area (TPSA) is 63.1 Å². The maximum absolute atomic E-state index is 12.3. The smallest absolute Gasteiger partial charge is 0.317 e. The Bertz CT molecular complexity index is 554. The highest BCUT2D eigenvalue weighted by molar-refractivity contribution is 7.07. The SMILES string of the molecule is O=C(NCCCn1cncn1)N1CCCC1c1ccsc1. The lowest BCUT2D eigenvalue weighted by Crippen LogP contribution is -2.40. The summed E-state index contributed by atoms with van der Waals surface area (Å²) < 4.78 is 1.77. The van der Waals surface area contributed by atoms with Crippen LogP contribution in [0.25, 0.3) is 0 Å². The molecule has 0 aliphatic carbocycles. The molecule has 6 nitrogen and oxygen atoms in total. The highest BCUT2D eigenvalue weighted by Gasteiger charge is 2.29. The van der Waals surface area contributed by atoms with Crippen LogP contribution < -0.4 is 5.32 Å². The minimum Gasteiger partial charge on any atom is -0.338 e. The number of nitrogens with one attached hydrogen (secondary N) is 1. The van der Waals surface area contributed by atoms with Crippen molar-refractivity contribution in [2.75, 3.05) is 13.1 Å². The standard InChI is InChI=1S/C14H19N5OS/c20-14(16-5-2-6-18-11-15-10-17-18)19-7-1-3-13(19)12-4-8-21-9-12/h4,8-11,13H,1-3,5-7H2,(H,16,20). The largest absolute Gasteiger partial charge is 0.338 e. The predicted molar refractivity (Wildman–Crippen MR) is 81.0 cm³/mol. The van der Waals surface area contributed by atoms with E-state index in [1.165, 1.54) is 11.9 Å². The highest BCUT2D eigenvalue weighted by atomic mass is 32.1. The van der Waals surface area contributed by atoms with Gasteiger partial charge in [-0.25, -0.2) is 9.78 Å². The molecule has 7 heteroatoms. The molecule has 1 fully saturated rings. The van der Waals surface area contributed by atoms with Gasteiger partial charge in [0.15, 0.2) is 0 Å². The van der Waals surface area contributed by atoms with Crippen LogP contribution in [0.5, 0.6) is 0 Å². The minimum absolute atomic E-state index is 0.0438. The summed E-state index contributed by atoms with van der Waals surface area (Å²) in [6, 6.07) is 2.40. The van der Waals surface area contributed by atoms with Crippen LogP contribution in [-0.4, -0.2) is 38.8 Å². The first-order valence-corrected chi connectivity index (χ1v) is 8.18. The van der Waals surface area contributed by atoms with E-state index in [1.807, 2.05) is 4.90 Å². The fraction of sp³-hybridized carbons (Fsp3) is 0.500. The van der Waals surface area contributed by atoms with Crippen molar-refractivity contribution in [3.8, 4) is 0 Å². The Morgan fingerprint density at radius 3 is 3.24 bits per heavy atom. The fourth-order valence-electron chi connectivity index (χ4n) is 2.71. The number of aryl methyl sites for hydroxylation is 1. The van der Waals surface area contributed by atoms with Gasteiger partial charge in [0.2, 0.25) is 0 Å². The lowest BCUT2D eigenvalue weighted by atomic mass is 10.1. The molecule has 1 N–H and O–H groups in total. The Morgan fingerprint density at radius 2 is 2.48 bits per heavy atom. The van der Waals surface area contributed by atoms with Crippen LogP contribution in [0.15, 0.2) is 29.5 Å². The molecule has 0 aromatic carbocycles. The lowest BCUT2D eigenvalue weighted by molar-refractivity contribution is 0.193. The number of thiophene rings is 1. The second kappa shape index (κ2) is 6.71. The number of rotatable bonds is 5. The third-order valence-electron chi connectivity index (χ3n) is 3.75. The van der Waals surface area contributed by atoms with Crippen molar-refractivity contribution in [3.63, 3.8) is 0 Å². The molecule has 0 spiro atoms. The molecular formula is C14H19N5OS. The van der Waals surface area contributed by atoms with E-state index >= 15 is 0 Å². The molecule has 0 saturated carbocycles. The van der Waals surface area contributed by atoms with Crippen molar-refractivity contribution in [2.45, 2.75) is 31.8 Å². The van der Waals surface area contributed by atoms with E-state index in [9.17, 15) is 4.79 Å². The van der Waals surface area contributed by atoms with Crippen LogP contribution in [0.3, 0.4) is 0 Å². The van der Waals surface area contributed by atoms with Crippen LogP contribution in [0.4, 0.5) is 4.79 Å². The van der Waals surface area contributed by atoms with Gasteiger partial charge < -0.3 is 10.2 Å². The Morgan fingerprint density at radius 1 is 1.52 bits per heavy atom. The summed E-state index contributed by atoms with van der Waals surface area (Å²) >= 11 is 1.69. The number of nitrogens with zero attached hydrogens (tertiary/aromatic N) is 4. The van der Waals surface area contributed by atoms with Gasteiger partial charge in [-0.2, -0.15) is 16.4 Å². The number of hydrogen-bond donors (Lipinski definition) is 1. The van der Waals surface area contributed by atoms with Gasteiger partial charge in [0.05, 0.1) is 6.04 Å². The summed E-state index contributed by atoms with van der Waals surface area (Å²) in [5, 5.41) is 11.3. The van der Waals surface area contributed by atoms with E-state index in [0.29, 0.717) is 6.54 Å². The van der Waals surface area contributed by atoms with Gasteiger partial charge in [-0.15, -0.1) is 0 Å². The zero-order valence-electron chi connectivity index (χ0n) is 11.8. The predicted octanol–water partition coefficient (Wildman–Crippen LogP) is 2.28. The van der Waals surface area contributed by atoms with Crippen molar-refractivity contribution in [2.24, 2.45) is 0 Å². The van der Waals surface area contributed by atoms with Crippen LogP contribution in [0.1, 0.15) is 30.9 Å². The highest BCUT2D eigenvalue weighted by Crippen LogP contribution is 2.32. The molecule has 3 heterocycles. The zero-order chi connectivity index (χ0) is 14.5. The minimum atomic E-state index is 0.0438. The third kappa shape index (κ3) is 3.41. The maximum Gasteiger partial charge on any atom is 0.317 e. The Labute approximate surface area is 127 Å². The maximum atomic E-state index is 12.3. The number of aromatic nitrogens is 3. The first-order chi connectivity index (χ1) is 10.3. The normalized spacial score (nSPS) is 18.1. The monoisotopic (exact) mass is 305 g/mol. The van der Waals surface area contributed by atoms with Crippen LogP contribution in [-0.2, 0) is 6.54 Å². The second-order valence-corrected chi connectivity index (χ2v) is 5.93. The first-order valence-electron chi connectivity index (χ1n) is 7.23. The molecule has 2 amide bonds. The van der Waals surface area contributed by atoms with Crippen LogP contribution in [0.2, 0.25) is 0 Å². The van der Waals surface area contributed by atoms with Crippen LogP contribution >= 0.6 is 11.3 Å². The van der Waals surface area contributed by atoms with Crippen LogP contribution in [0, 0.1) is 0 Å². The molecule has 2 aromatic rings. The molecule has 1 saturated heterocycles. The van der Waals surface area contributed by atoms with E-state index in [-0.39, 0.29) is 12.1 Å². The van der Waals surface area contributed by atoms with E-state index in [1.54, 1.807) is 22.3 Å². The molecule has 1 aliphatic rings. The van der Waals surface area contributed by atoms with Crippen molar-refractivity contribution in [1.29, 1.82) is 0 Å². The molecule has 21 heavy (non-hydrogen) atoms. The van der Waals surface area contributed by atoms with Gasteiger partial charge in [0.1, 0.15) is 12.7 Å². The molecule has 0 radical (unpaired) electrons. The van der Waals surface area contributed by atoms with Crippen molar-refractivity contribution < 1.29 is 4.79 Å². The number of hydrogen-bond acceptors (Lipinski definition) is 4. The van der Waals surface area contributed by atoms with E-state index in [2.05, 4.69) is 32.2 Å². The van der Waals surface area contributed by atoms with Gasteiger partial charge in [0.25, 0.3) is 0 Å². The fourth-order valence-corrected chi connectivity index (χ4v) is 3.41. The number of carbonyl (C=O) groups is 1. The zero-order valence-corrected chi connectivity index (χ0v) is 12.6. The van der Waals surface area contributed by atoms with Gasteiger partial charge in [-0.1, -0.05) is 0 Å². The van der Waals surface area contributed by atoms with E-state index in [0.717, 1.165) is 32.4 Å². The summed E-state index contributed by atoms with van der Waals surface area (Å²) in [5.74, 6) is 0. The van der Waals surface area contributed by atoms with E-state index < -0.39 is 0 Å². The Balaban J connectivity index is 1.46. The Hall–Kier alpha value is -1.89.